The molecule has 0 spiro atoms. The number of benzene rings is 2. The first kappa shape index (κ1) is 25.1. The lowest BCUT2D eigenvalue weighted by atomic mass is 9.95. The molecule has 180 valence electrons. The number of ketones is 1. The Labute approximate surface area is 202 Å². The number of likely N-dealkylation sites (tertiary alicyclic amines) is 1. The van der Waals surface area contributed by atoms with Crippen molar-refractivity contribution in [2.75, 3.05) is 20.8 Å². The predicted octanol–water partition coefficient (Wildman–Crippen LogP) is 4.42. The highest BCUT2D eigenvalue weighted by Gasteiger charge is 2.46. The molecule has 2 aromatic carbocycles. The minimum atomic E-state index is -0.881. The first-order valence-electron chi connectivity index (χ1n) is 10.8. The summed E-state index contributed by atoms with van der Waals surface area (Å²) >= 11 is 5.95. The molecular weight excluding hydrogens is 462 g/mol. The molecule has 1 fully saturated rings. The van der Waals surface area contributed by atoms with E-state index in [1.807, 2.05) is 0 Å². The normalized spacial score (nSPS) is 17.1. The molecule has 8 nitrogen and oxygen atoms in total. The lowest BCUT2D eigenvalue weighted by Gasteiger charge is -2.26. The summed E-state index contributed by atoms with van der Waals surface area (Å²) in [5, 5.41) is 20.4. The molecule has 1 aliphatic rings. The minimum Gasteiger partial charge on any atom is -0.507 e. The maximum absolute atomic E-state index is 13.1. The molecule has 1 aliphatic heterocycles. The summed E-state index contributed by atoms with van der Waals surface area (Å²) in [5.41, 5.74) is 0.886. The van der Waals surface area contributed by atoms with Gasteiger partial charge in [0.2, 0.25) is 0 Å². The van der Waals surface area contributed by atoms with E-state index in [2.05, 4.69) is 0 Å². The maximum atomic E-state index is 13.1. The van der Waals surface area contributed by atoms with Crippen molar-refractivity contribution in [3.05, 3.63) is 64.2 Å². The van der Waals surface area contributed by atoms with Crippen molar-refractivity contribution in [1.29, 1.82) is 0 Å². The van der Waals surface area contributed by atoms with Gasteiger partial charge >= 0.3 is 5.97 Å². The number of ether oxygens (including phenoxy) is 2. The molecule has 0 aromatic heterocycles. The van der Waals surface area contributed by atoms with Crippen LogP contribution in [0, 0.1) is 0 Å². The van der Waals surface area contributed by atoms with Crippen LogP contribution in [0.1, 0.15) is 42.9 Å². The van der Waals surface area contributed by atoms with Crippen LogP contribution in [-0.4, -0.2) is 53.5 Å². The Bertz CT molecular complexity index is 1110. The van der Waals surface area contributed by atoms with Crippen LogP contribution < -0.4 is 9.47 Å². The fourth-order valence-corrected chi connectivity index (χ4v) is 4.10. The van der Waals surface area contributed by atoms with Crippen LogP contribution in [0.4, 0.5) is 0 Å². The van der Waals surface area contributed by atoms with Crippen molar-refractivity contribution < 1.29 is 34.1 Å². The molecular formula is C25H26ClNO7. The summed E-state index contributed by atoms with van der Waals surface area (Å²) in [4.78, 5) is 38.2. The summed E-state index contributed by atoms with van der Waals surface area (Å²) in [7, 11) is 2.98. The Balaban J connectivity index is 2.04. The van der Waals surface area contributed by atoms with Crippen LogP contribution in [0.3, 0.4) is 0 Å². The van der Waals surface area contributed by atoms with Crippen molar-refractivity contribution in [3.63, 3.8) is 0 Å². The molecule has 0 bridgehead atoms. The van der Waals surface area contributed by atoms with Gasteiger partial charge in [-0.05, 0) is 54.8 Å². The molecule has 34 heavy (non-hydrogen) atoms. The Morgan fingerprint density at radius 1 is 0.971 bits per heavy atom. The van der Waals surface area contributed by atoms with E-state index in [9.17, 15) is 19.5 Å². The van der Waals surface area contributed by atoms with E-state index in [0.29, 0.717) is 46.9 Å². The Morgan fingerprint density at radius 3 is 2.26 bits per heavy atom. The SMILES string of the molecule is COc1ccc(C2/C(=C(/O)c3ccc(Cl)cc3)C(=O)C(=O)N2CCCCCC(=O)O)cc1OC. The number of amides is 1. The van der Waals surface area contributed by atoms with E-state index >= 15 is 0 Å². The predicted molar refractivity (Wildman–Crippen MR) is 126 cm³/mol. The number of hydrogen-bond acceptors (Lipinski definition) is 6. The number of rotatable bonds is 10. The molecule has 2 N–H and O–H groups in total. The van der Waals surface area contributed by atoms with Gasteiger partial charge in [-0.2, -0.15) is 0 Å². The third-order valence-electron chi connectivity index (χ3n) is 5.67. The van der Waals surface area contributed by atoms with Crippen molar-refractivity contribution in [2.24, 2.45) is 0 Å². The molecule has 0 radical (unpaired) electrons. The van der Waals surface area contributed by atoms with Gasteiger partial charge in [-0.15, -0.1) is 0 Å². The second-order valence-electron chi connectivity index (χ2n) is 7.82. The van der Waals surface area contributed by atoms with Crippen LogP contribution in [-0.2, 0) is 14.4 Å². The van der Waals surface area contributed by atoms with E-state index in [4.69, 9.17) is 26.2 Å². The zero-order valence-electron chi connectivity index (χ0n) is 18.9. The first-order valence-corrected chi connectivity index (χ1v) is 11.1. The van der Waals surface area contributed by atoms with E-state index in [1.165, 1.54) is 19.1 Å². The van der Waals surface area contributed by atoms with Crippen LogP contribution >= 0.6 is 11.6 Å². The zero-order chi connectivity index (χ0) is 24.8. The summed E-state index contributed by atoms with van der Waals surface area (Å²) < 4.78 is 10.7. The molecule has 2 aromatic rings. The Morgan fingerprint density at radius 2 is 1.65 bits per heavy atom. The Kier molecular flexibility index (Phi) is 8.17. The van der Waals surface area contributed by atoms with Crippen LogP contribution in [0.25, 0.3) is 5.76 Å². The summed E-state index contributed by atoms with van der Waals surface area (Å²) in [5.74, 6) is -1.81. The maximum Gasteiger partial charge on any atom is 0.303 e. The Hall–Kier alpha value is -3.52. The topological polar surface area (TPSA) is 113 Å². The monoisotopic (exact) mass is 487 g/mol. The van der Waals surface area contributed by atoms with Gasteiger partial charge in [-0.3, -0.25) is 14.4 Å². The summed E-state index contributed by atoms with van der Waals surface area (Å²) in [6, 6.07) is 10.5. The molecule has 1 saturated heterocycles. The van der Waals surface area contributed by atoms with Gasteiger partial charge in [-0.25, -0.2) is 0 Å². The molecule has 3 rings (SSSR count). The standard InChI is InChI=1S/C25H26ClNO7/c1-33-18-12-9-16(14-19(18)34-2)22-21(23(30)15-7-10-17(26)11-8-15)24(31)25(32)27(22)13-5-3-4-6-20(28)29/h7-12,14,22,30H,3-6,13H2,1-2H3,(H,28,29)/b23-21-. The fourth-order valence-electron chi connectivity index (χ4n) is 3.98. The van der Waals surface area contributed by atoms with Crippen LogP contribution in [0.5, 0.6) is 11.5 Å². The van der Waals surface area contributed by atoms with E-state index in [1.54, 1.807) is 42.5 Å². The number of aliphatic hydroxyl groups excluding tert-OH is 1. The number of hydrogen-bond donors (Lipinski definition) is 2. The van der Waals surface area contributed by atoms with Gasteiger partial charge < -0.3 is 24.6 Å². The van der Waals surface area contributed by atoms with Gasteiger partial charge in [0, 0.05) is 23.6 Å². The average Bonchev–Trinajstić information content (AvgIpc) is 3.08. The average molecular weight is 488 g/mol. The highest BCUT2D eigenvalue weighted by atomic mass is 35.5. The summed E-state index contributed by atoms with van der Waals surface area (Å²) in [6.07, 6.45) is 1.58. The van der Waals surface area contributed by atoms with E-state index < -0.39 is 23.7 Å². The zero-order valence-corrected chi connectivity index (χ0v) is 19.7. The van der Waals surface area contributed by atoms with E-state index in [-0.39, 0.29) is 24.3 Å². The van der Waals surface area contributed by atoms with Gasteiger partial charge in [0.1, 0.15) is 5.76 Å². The second kappa shape index (κ2) is 11.1. The number of unbranched alkanes of at least 4 members (excludes halogenated alkanes) is 2. The first-order chi connectivity index (χ1) is 16.3. The number of carboxylic acid groups (broad SMARTS) is 1. The number of carbonyl (C=O) groups is 3. The second-order valence-corrected chi connectivity index (χ2v) is 8.25. The van der Waals surface area contributed by atoms with Crippen molar-refractivity contribution in [3.8, 4) is 11.5 Å². The molecule has 9 heteroatoms. The van der Waals surface area contributed by atoms with Gasteiger partial charge in [0.25, 0.3) is 11.7 Å². The largest absolute Gasteiger partial charge is 0.507 e. The smallest absolute Gasteiger partial charge is 0.303 e. The number of aliphatic hydroxyl groups is 1. The molecule has 1 amide bonds. The number of aliphatic carboxylic acids is 1. The third-order valence-corrected chi connectivity index (χ3v) is 5.92. The quantitative estimate of drug-likeness (QED) is 0.220. The lowest BCUT2D eigenvalue weighted by molar-refractivity contribution is -0.140. The van der Waals surface area contributed by atoms with Crippen molar-refractivity contribution in [2.45, 2.75) is 31.7 Å². The van der Waals surface area contributed by atoms with E-state index in [0.717, 1.165) is 0 Å². The number of methoxy groups -OCH3 is 2. The number of Topliss-reactive ketones (excluding diaryl/α,β-unsaturated/α-hetero) is 1. The van der Waals surface area contributed by atoms with Gasteiger partial charge in [0.15, 0.2) is 11.5 Å². The highest BCUT2D eigenvalue weighted by molar-refractivity contribution is 6.46. The number of carbonyl (C=O) groups excluding carboxylic acids is 2. The van der Waals surface area contributed by atoms with Gasteiger partial charge in [0.05, 0.1) is 25.8 Å². The van der Waals surface area contributed by atoms with Crippen LogP contribution in [0.15, 0.2) is 48.0 Å². The number of carboxylic acids is 1. The molecule has 1 heterocycles. The number of halogens is 1. The van der Waals surface area contributed by atoms with Crippen LogP contribution in [0.2, 0.25) is 5.02 Å². The molecule has 0 aliphatic carbocycles. The number of nitrogens with zero attached hydrogens (tertiary/aromatic N) is 1. The third kappa shape index (κ3) is 5.34. The molecule has 1 atom stereocenters. The lowest BCUT2D eigenvalue weighted by Crippen LogP contribution is -2.30. The fraction of sp³-hybridized carbons (Fsp3) is 0.320. The molecule has 0 saturated carbocycles. The summed E-state index contributed by atoms with van der Waals surface area (Å²) in [6.45, 7) is 0.223. The van der Waals surface area contributed by atoms with Gasteiger partial charge in [-0.1, -0.05) is 24.1 Å². The van der Waals surface area contributed by atoms with Crippen molar-refractivity contribution >= 4 is 35.0 Å². The molecule has 1 unspecified atom stereocenters. The van der Waals surface area contributed by atoms with Crippen molar-refractivity contribution in [1.82, 2.24) is 4.90 Å². The highest BCUT2D eigenvalue weighted by Crippen LogP contribution is 2.42. The minimum absolute atomic E-state index is 0.0362.